The fourth-order valence-electron chi connectivity index (χ4n) is 0.489. The molecule has 1 aromatic rings. The summed E-state index contributed by atoms with van der Waals surface area (Å²) in [5.74, 6) is -0.990. The Morgan fingerprint density at radius 1 is 1.42 bits per heavy atom. The first-order valence-electron chi connectivity index (χ1n) is 2.74. The molecule has 1 aromatic heterocycles. The van der Waals surface area contributed by atoms with E-state index in [1.807, 2.05) is 6.79 Å². The van der Waals surface area contributed by atoms with Gasteiger partial charge in [0.15, 0.2) is 0 Å². The van der Waals surface area contributed by atoms with E-state index in [2.05, 4.69) is 4.98 Å². The van der Waals surface area contributed by atoms with Crippen molar-refractivity contribution in [3.8, 4) is 0 Å². The van der Waals surface area contributed by atoms with Crippen molar-refractivity contribution in [1.82, 2.24) is 4.98 Å². The molecule has 1 N–H and O–H groups in total. The third-order valence-electron chi connectivity index (χ3n) is 0.884. The summed E-state index contributed by atoms with van der Waals surface area (Å²) < 4.78 is 0. The summed E-state index contributed by atoms with van der Waals surface area (Å²) in [6, 6.07) is 4.76. The van der Waals surface area contributed by atoms with E-state index in [1.54, 1.807) is 12.1 Å². The van der Waals surface area contributed by atoms with Crippen LogP contribution in [-0.4, -0.2) is 40.8 Å². The molecule has 0 aromatic carbocycles. The first-order chi connectivity index (χ1) is 5.30. The summed E-state index contributed by atoms with van der Waals surface area (Å²) >= 11 is 0. The van der Waals surface area contributed by atoms with Crippen LogP contribution in [0.4, 0.5) is 0 Å². The molecule has 0 unspecified atom stereocenters. The van der Waals surface area contributed by atoms with Crippen LogP contribution in [0.3, 0.4) is 0 Å². The fourth-order valence-corrected chi connectivity index (χ4v) is 0.489. The van der Waals surface area contributed by atoms with Crippen molar-refractivity contribution < 1.29 is 14.7 Å². The molecule has 0 aliphatic carbocycles. The molecule has 5 heteroatoms. The molecule has 0 spiro atoms. The summed E-state index contributed by atoms with van der Waals surface area (Å²) in [7, 11) is 0. The van der Waals surface area contributed by atoms with E-state index in [0.29, 0.717) is 0 Å². The van der Waals surface area contributed by atoms with E-state index < -0.39 is 5.97 Å². The maximum Gasteiger partial charge on any atom is 0.354 e. The number of hydrogen-bond donors (Lipinski definition) is 1. The van der Waals surface area contributed by atoms with Crippen molar-refractivity contribution in [2.45, 2.75) is 0 Å². The van der Waals surface area contributed by atoms with E-state index in [9.17, 15) is 4.79 Å². The molecule has 0 bridgehead atoms. The normalized spacial score (nSPS) is 7.00. The van der Waals surface area contributed by atoms with Gasteiger partial charge in [-0.25, -0.2) is 9.78 Å². The van der Waals surface area contributed by atoms with Crippen LogP contribution in [0.2, 0.25) is 0 Å². The van der Waals surface area contributed by atoms with Gasteiger partial charge in [-0.3, -0.25) is 0 Å². The van der Waals surface area contributed by atoms with Crippen LogP contribution in [-0.2, 0) is 4.79 Å². The van der Waals surface area contributed by atoms with Crippen molar-refractivity contribution in [2.24, 2.45) is 0 Å². The molecule has 4 nitrogen and oxygen atoms in total. The van der Waals surface area contributed by atoms with Crippen LogP contribution in [0.15, 0.2) is 24.4 Å². The molecule has 0 fully saturated rings. The van der Waals surface area contributed by atoms with Crippen LogP contribution in [0, 0.1) is 0 Å². The van der Waals surface area contributed by atoms with Gasteiger partial charge in [-0.05, 0) is 12.1 Å². The summed E-state index contributed by atoms with van der Waals surface area (Å²) in [5, 5.41) is 8.32. The van der Waals surface area contributed by atoms with Gasteiger partial charge in [0.25, 0.3) is 0 Å². The molecule has 0 saturated carbocycles. The van der Waals surface area contributed by atoms with Gasteiger partial charge in [-0.15, -0.1) is 0 Å². The monoisotopic (exact) mass is 228 g/mol. The number of aromatic carboxylic acids is 1. The number of pyridine rings is 1. The minimum Gasteiger partial charge on any atom is -0.477 e. The number of carbonyl (C=O) groups is 2. The Hall–Kier alpha value is -1.15. The molecule has 0 aliphatic heterocycles. The topological polar surface area (TPSA) is 67.3 Å². The predicted octanol–water partition coefficient (Wildman–Crippen LogP) is 0.214. The minimum atomic E-state index is -0.990. The molecule has 0 saturated heterocycles. The van der Waals surface area contributed by atoms with Crippen molar-refractivity contribution in [1.29, 1.82) is 0 Å². The molecule has 1 rings (SSSR count). The van der Waals surface area contributed by atoms with Gasteiger partial charge in [-0.1, -0.05) is 6.07 Å². The maximum absolute atomic E-state index is 10.1. The SMILES string of the molecule is C=O.O=C(O)c1ccccn1.[As]. The number of carboxylic acids is 1. The van der Waals surface area contributed by atoms with Gasteiger partial charge in [0.2, 0.25) is 0 Å². The first kappa shape index (κ1) is 13.4. The van der Waals surface area contributed by atoms with Crippen LogP contribution in [0.1, 0.15) is 10.5 Å². The number of rotatable bonds is 1. The second kappa shape index (κ2) is 7.95. The predicted molar refractivity (Wildman–Crippen MR) is 44.1 cm³/mol. The summed E-state index contributed by atoms with van der Waals surface area (Å²) in [6.07, 6.45) is 1.45. The zero-order valence-corrected chi connectivity index (χ0v) is 8.05. The van der Waals surface area contributed by atoms with E-state index in [-0.39, 0.29) is 23.6 Å². The molecular weight excluding hydrogens is 221 g/mol. The van der Waals surface area contributed by atoms with Gasteiger partial charge in [0.05, 0.1) is 0 Å². The van der Waals surface area contributed by atoms with Gasteiger partial charge in [0.1, 0.15) is 12.5 Å². The van der Waals surface area contributed by atoms with Gasteiger partial charge in [0, 0.05) is 24.2 Å². The van der Waals surface area contributed by atoms with Crippen LogP contribution in [0.25, 0.3) is 0 Å². The number of carbonyl (C=O) groups excluding carboxylic acids is 1. The Balaban J connectivity index is 0. The summed E-state index contributed by atoms with van der Waals surface area (Å²) in [4.78, 5) is 21.7. The zero-order valence-electron chi connectivity index (χ0n) is 6.17. The molecule has 0 amide bonds. The Morgan fingerprint density at radius 2 is 2.00 bits per heavy atom. The van der Waals surface area contributed by atoms with Gasteiger partial charge >= 0.3 is 5.97 Å². The Labute approximate surface area is 80.9 Å². The fraction of sp³-hybridized carbons (Fsp3) is 0. The zero-order chi connectivity index (χ0) is 8.69. The summed E-state index contributed by atoms with van der Waals surface area (Å²) in [6.45, 7) is 2.00. The summed E-state index contributed by atoms with van der Waals surface area (Å²) in [5.41, 5.74) is 0.0810. The molecule has 12 heavy (non-hydrogen) atoms. The molecule has 0 aliphatic rings. The standard InChI is InChI=1S/C6H5NO2.CH2O.As/c8-6(9)5-3-1-2-4-7-5;1-2;/h1-4H,(H,8,9);1H2;. The van der Waals surface area contributed by atoms with Crippen molar-refractivity contribution in [3.63, 3.8) is 0 Å². The Morgan fingerprint density at radius 3 is 2.25 bits per heavy atom. The maximum atomic E-state index is 10.1. The Bertz CT molecular complexity index is 227. The number of carboxylic acid groups (broad SMARTS) is 1. The van der Waals surface area contributed by atoms with Crippen molar-refractivity contribution in [2.75, 3.05) is 0 Å². The second-order valence-electron chi connectivity index (χ2n) is 1.52. The average Bonchev–Trinajstić information content (AvgIpc) is 2.10. The molecule has 1 heterocycles. The first-order valence-corrected chi connectivity index (χ1v) is 2.74. The van der Waals surface area contributed by atoms with E-state index in [0.717, 1.165) is 0 Å². The molecule has 63 valence electrons. The van der Waals surface area contributed by atoms with E-state index >= 15 is 0 Å². The largest absolute Gasteiger partial charge is 0.477 e. The quantitative estimate of drug-likeness (QED) is 0.698. The molecule has 0 atom stereocenters. The van der Waals surface area contributed by atoms with Crippen LogP contribution < -0.4 is 0 Å². The van der Waals surface area contributed by atoms with Crippen LogP contribution in [0.5, 0.6) is 0 Å². The van der Waals surface area contributed by atoms with E-state index in [4.69, 9.17) is 9.90 Å². The second-order valence-corrected chi connectivity index (χ2v) is 1.52. The van der Waals surface area contributed by atoms with Crippen molar-refractivity contribution in [3.05, 3.63) is 30.1 Å². The van der Waals surface area contributed by atoms with Gasteiger partial charge < -0.3 is 9.90 Å². The van der Waals surface area contributed by atoms with Gasteiger partial charge in [-0.2, -0.15) is 0 Å². The Kier molecular flexibility index (Phi) is 8.90. The number of hydrogen-bond acceptors (Lipinski definition) is 3. The third-order valence-corrected chi connectivity index (χ3v) is 0.884. The molecular formula is C7H7AsNO3. The minimum absolute atomic E-state index is 0. The molecule has 3 radical (unpaired) electrons. The average molecular weight is 228 g/mol. The number of nitrogens with zero attached hydrogens (tertiary/aromatic N) is 1. The smallest absolute Gasteiger partial charge is 0.354 e. The van der Waals surface area contributed by atoms with E-state index in [1.165, 1.54) is 12.3 Å². The number of aromatic nitrogens is 1. The van der Waals surface area contributed by atoms with Crippen molar-refractivity contribution >= 4 is 30.7 Å². The van der Waals surface area contributed by atoms with Crippen LogP contribution >= 0.6 is 0 Å². The third kappa shape index (κ3) is 4.63.